The summed E-state index contributed by atoms with van der Waals surface area (Å²) in [6, 6.07) is 13.6. The van der Waals surface area contributed by atoms with E-state index in [2.05, 4.69) is 27.5 Å². The third-order valence-electron chi connectivity index (χ3n) is 5.37. The molecule has 3 aromatic rings. The second-order valence-corrected chi connectivity index (χ2v) is 7.81. The van der Waals surface area contributed by atoms with Crippen LogP contribution in [0, 0.1) is 11.8 Å². The molecule has 2 aromatic carbocycles. The van der Waals surface area contributed by atoms with Crippen molar-refractivity contribution in [2.45, 2.75) is 25.3 Å². The number of carbonyl (C=O) groups excluding carboxylic acids is 3. The van der Waals surface area contributed by atoms with E-state index in [1.54, 1.807) is 36.9 Å². The topological polar surface area (TPSA) is 133 Å². The smallest absolute Gasteiger partial charge is 0.251 e. The molecule has 0 fully saturated rings. The van der Waals surface area contributed by atoms with Gasteiger partial charge in [-0.25, -0.2) is 5.48 Å². The molecule has 5 N–H and O–H groups in total. The second kappa shape index (κ2) is 12.9. The molecule has 1 aromatic heterocycles. The van der Waals surface area contributed by atoms with Gasteiger partial charge in [-0.05, 0) is 48.7 Å². The lowest BCUT2D eigenvalue weighted by atomic mass is 10.1. The number of carbonyl (C=O) groups is 3. The fraction of sp³-hybridized carbons (Fsp3) is 0.269. The van der Waals surface area contributed by atoms with Crippen LogP contribution in [0.25, 0.3) is 10.9 Å². The summed E-state index contributed by atoms with van der Waals surface area (Å²) in [7, 11) is 1.56. The van der Waals surface area contributed by atoms with Crippen LogP contribution >= 0.6 is 0 Å². The van der Waals surface area contributed by atoms with Gasteiger partial charge in [0.15, 0.2) is 0 Å². The third kappa shape index (κ3) is 7.43. The van der Waals surface area contributed by atoms with Crippen molar-refractivity contribution >= 4 is 28.6 Å². The monoisotopic (exact) mass is 476 g/mol. The summed E-state index contributed by atoms with van der Waals surface area (Å²) in [5.41, 5.74) is 4.70. The van der Waals surface area contributed by atoms with Gasteiger partial charge in [-0.3, -0.25) is 19.6 Å². The van der Waals surface area contributed by atoms with Crippen molar-refractivity contribution < 1.29 is 24.3 Å². The molecule has 0 saturated carbocycles. The molecule has 0 radical (unpaired) electrons. The van der Waals surface area contributed by atoms with Crippen LogP contribution in [0.15, 0.2) is 54.7 Å². The number of aromatic amines is 1. The van der Waals surface area contributed by atoms with E-state index in [9.17, 15) is 14.4 Å². The molecule has 9 heteroatoms. The van der Waals surface area contributed by atoms with Crippen molar-refractivity contribution in [1.82, 2.24) is 21.1 Å². The van der Waals surface area contributed by atoms with Gasteiger partial charge in [0.1, 0.15) is 12.6 Å². The van der Waals surface area contributed by atoms with E-state index in [0.29, 0.717) is 25.1 Å². The van der Waals surface area contributed by atoms with Crippen molar-refractivity contribution in [3.8, 4) is 11.8 Å². The van der Waals surface area contributed by atoms with Crippen LogP contribution in [0.4, 0.5) is 0 Å². The average molecular weight is 477 g/mol. The highest BCUT2D eigenvalue weighted by Crippen LogP contribution is 2.17. The SMILES string of the molecule is COCC#Cc1ccc(C(=O)NC(CCC(=O)NO)C(=O)NCCc2c[nH]c3ccccc23)cc1. The molecule has 0 bridgehead atoms. The van der Waals surface area contributed by atoms with Crippen molar-refractivity contribution in [2.75, 3.05) is 20.3 Å². The zero-order valence-electron chi connectivity index (χ0n) is 19.4. The Morgan fingerprint density at radius 1 is 1.11 bits per heavy atom. The summed E-state index contributed by atoms with van der Waals surface area (Å²) in [5, 5.41) is 15.4. The van der Waals surface area contributed by atoms with E-state index in [1.807, 2.05) is 30.5 Å². The summed E-state index contributed by atoms with van der Waals surface area (Å²) in [5.74, 6) is 4.24. The number of ether oxygens (including phenoxy) is 1. The van der Waals surface area contributed by atoms with Gasteiger partial charge < -0.3 is 20.4 Å². The standard InChI is InChI=1S/C26H28N4O5/c1-35-16-4-5-18-8-10-19(11-9-18)25(32)29-23(12-13-24(31)30-34)26(33)27-15-14-20-17-28-22-7-3-2-6-21(20)22/h2-3,6-11,17,23,28,34H,12-16H2,1H3,(H,27,33)(H,29,32)(H,30,31). The Balaban J connectivity index is 1.61. The molecule has 3 rings (SSSR count). The van der Waals surface area contributed by atoms with E-state index in [0.717, 1.165) is 22.0 Å². The molecule has 0 saturated heterocycles. The first kappa shape index (κ1) is 25.5. The van der Waals surface area contributed by atoms with Crippen LogP contribution in [0.3, 0.4) is 0 Å². The first-order chi connectivity index (χ1) is 17.0. The molecule has 1 atom stereocenters. The predicted octanol–water partition coefficient (Wildman–Crippen LogP) is 1.91. The van der Waals surface area contributed by atoms with E-state index >= 15 is 0 Å². The Labute approximate surface area is 203 Å². The maximum atomic E-state index is 12.8. The van der Waals surface area contributed by atoms with E-state index in [-0.39, 0.29) is 12.8 Å². The normalized spacial score (nSPS) is 11.3. The minimum Gasteiger partial charge on any atom is -0.372 e. The summed E-state index contributed by atoms with van der Waals surface area (Å²) in [4.78, 5) is 40.3. The molecule has 182 valence electrons. The fourth-order valence-electron chi connectivity index (χ4n) is 3.54. The first-order valence-corrected chi connectivity index (χ1v) is 11.2. The molecule has 0 aliphatic heterocycles. The number of hydrogen-bond acceptors (Lipinski definition) is 5. The second-order valence-electron chi connectivity index (χ2n) is 7.81. The molecular formula is C26H28N4O5. The van der Waals surface area contributed by atoms with Crippen LogP contribution < -0.4 is 16.1 Å². The molecule has 1 unspecified atom stereocenters. The molecule has 1 heterocycles. The van der Waals surface area contributed by atoms with Gasteiger partial charge in [0.2, 0.25) is 11.8 Å². The zero-order chi connectivity index (χ0) is 25.0. The molecule has 0 spiro atoms. The first-order valence-electron chi connectivity index (χ1n) is 11.2. The maximum Gasteiger partial charge on any atom is 0.251 e. The largest absolute Gasteiger partial charge is 0.372 e. The number of methoxy groups -OCH3 is 1. The number of nitrogens with one attached hydrogen (secondary N) is 4. The number of amides is 3. The quantitative estimate of drug-likeness (QED) is 0.173. The minimum atomic E-state index is -0.955. The highest BCUT2D eigenvalue weighted by molar-refractivity contribution is 5.97. The highest BCUT2D eigenvalue weighted by Gasteiger charge is 2.22. The summed E-state index contributed by atoms with van der Waals surface area (Å²) in [6.07, 6.45) is 2.40. The molecule has 35 heavy (non-hydrogen) atoms. The molecule has 3 amide bonds. The average Bonchev–Trinajstić information content (AvgIpc) is 3.29. The number of hydroxylamine groups is 1. The van der Waals surface area contributed by atoms with Crippen molar-refractivity contribution in [3.63, 3.8) is 0 Å². The van der Waals surface area contributed by atoms with Crippen LogP contribution in [-0.4, -0.2) is 54.2 Å². The van der Waals surface area contributed by atoms with Gasteiger partial charge in [-0.1, -0.05) is 30.0 Å². The zero-order valence-corrected chi connectivity index (χ0v) is 19.4. The molecule has 0 aliphatic rings. The lowest BCUT2D eigenvalue weighted by molar-refractivity contribution is -0.129. The number of benzene rings is 2. The lowest BCUT2D eigenvalue weighted by Gasteiger charge is -2.18. The lowest BCUT2D eigenvalue weighted by Crippen LogP contribution is -2.47. The van der Waals surface area contributed by atoms with Crippen LogP contribution in [0.2, 0.25) is 0 Å². The van der Waals surface area contributed by atoms with Crippen LogP contribution in [-0.2, 0) is 20.7 Å². The van der Waals surface area contributed by atoms with E-state index in [1.165, 1.54) is 0 Å². The number of para-hydroxylation sites is 1. The number of rotatable bonds is 10. The van der Waals surface area contributed by atoms with Gasteiger partial charge in [0.25, 0.3) is 5.91 Å². The molecule has 9 nitrogen and oxygen atoms in total. The minimum absolute atomic E-state index is 0.0254. The Bertz CT molecular complexity index is 1220. The van der Waals surface area contributed by atoms with Gasteiger partial charge in [-0.2, -0.15) is 0 Å². The van der Waals surface area contributed by atoms with Crippen LogP contribution in [0.1, 0.15) is 34.3 Å². The number of fused-ring (bicyclic) bond motifs is 1. The van der Waals surface area contributed by atoms with Gasteiger partial charge >= 0.3 is 0 Å². The summed E-state index contributed by atoms with van der Waals surface area (Å²) in [6.45, 7) is 0.662. The van der Waals surface area contributed by atoms with Gasteiger partial charge in [0, 0.05) is 48.3 Å². The van der Waals surface area contributed by atoms with Gasteiger partial charge in [0.05, 0.1) is 0 Å². The Morgan fingerprint density at radius 2 is 1.89 bits per heavy atom. The van der Waals surface area contributed by atoms with Gasteiger partial charge in [-0.15, -0.1) is 0 Å². The van der Waals surface area contributed by atoms with Crippen molar-refractivity contribution in [1.29, 1.82) is 0 Å². The van der Waals surface area contributed by atoms with Crippen molar-refractivity contribution in [3.05, 3.63) is 71.4 Å². The van der Waals surface area contributed by atoms with Crippen LogP contribution in [0.5, 0.6) is 0 Å². The van der Waals surface area contributed by atoms with Crippen molar-refractivity contribution in [2.24, 2.45) is 0 Å². The number of H-pyrrole nitrogens is 1. The Hall–Kier alpha value is -4.13. The Morgan fingerprint density at radius 3 is 2.63 bits per heavy atom. The summed E-state index contributed by atoms with van der Waals surface area (Å²) >= 11 is 0. The third-order valence-corrected chi connectivity index (χ3v) is 5.37. The highest BCUT2D eigenvalue weighted by atomic mass is 16.5. The van der Waals surface area contributed by atoms with E-state index < -0.39 is 23.8 Å². The number of hydrogen-bond donors (Lipinski definition) is 5. The Kier molecular flexibility index (Phi) is 9.42. The number of aromatic nitrogens is 1. The molecule has 0 aliphatic carbocycles. The summed E-state index contributed by atoms with van der Waals surface area (Å²) < 4.78 is 4.89. The maximum absolute atomic E-state index is 12.8. The molecular weight excluding hydrogens is 448 g/mol. The fourth-order valence-corrected chi connectivity index (χ4v) is 3.54. The van der Waals surface area contributed by atoms with E-state index in [4.69, 9.17) is 9.94 Å². The predicted molar refractivity (Wildman–Crippen MR) is 131 cm³/mol.